The first kappa shape index (κ1) is 13.6. The van der Waals surface area contributed by atoms with Crippen LogP contribution in [0.15, 0.2) is 30.3 Å². The molecule has 0 spiro atoms. The van der Waals surface area contributed by atoms with Crippen LogP contribution in [-0.2, 0) is 4.79 Å². The van der Waals surface area contributed by atoms with Crippen molar-refractivity contribution in [2.45, 2.75) is 12.8 Å². The number of anilines is 1. The molecule has 3 nitrogen and oxygen atoms in total. The Morgan fingerprint density at radius 3 is 2.71 bits per heavy atom. The Morgan fingerprint density at radius 1 is 1.41 bits per heavy atom. The number of carbonyl (C=O) groups is 1. The second kappa shape index (κ2) is 7.75. The fraction of sp³-hybridized carbons (Fsp3) is 0.385. The van der Waals surface area contributed by atoms with E-state index >= 15 is 0 Å². The van der Waals surface area contributed by atoms with Crippen molar-refractivity contribution in [3.05, 3.63) is 30.3 Å². The van der Waals surface area contributed by atoms with Crippen LogP contribution in [0.25, 0.3) is 0 Å². The predicted octanol–water partition coefficient (Wildman–Crippen LogP) is 2.69. The Balaban J connectivity index is 2.74. The van der Waals surface area contributed by atoms with Crippen LogP contribution in [0.5, 0.6) is 0 Å². The highest BCUT2D eigenvalue weighted by Gasteiger charge is 2.14. The lowest BCUT2D eigenvalue weighted by Gasteiger charge is -2.21. The SMILES string of the molecule is CSCCC(=O)N(CCC#N)c1ccccc1. The highest BCUT2D eigenvalue weighted by Crippen LogP contribution is 2.15. The first-order chi connectivity index (χ1) is 8.29. The summed E-state index contributed by atoms with van der Waals surface area (Å²) in [5, 5.41) is 8.63. The van der Waals surface area contributed by atoms with Crippen molar-refractivity contribution in [1.29, 1.82) is 5.26 Å². The van der Waals surface area contributed by atoms with Crippen LogP contribution in [0.4, 0.5) is 5.69 Å². The Morgan fingerprint density at radius 2 is 2.12 bits per heavy atom. The van der Waals surface area contributed by atoms with E-state index in [2.05, 4.69) is 6.07 Å². The van der Waals surface area contributed by atoms with Gasteiger partial charge in [-0.15, -0.1) is 0 Å². The van der Waals surface area contributed by atoms with Crippen molar-refractivity contribution in [3.8, 4) is 6.07 Å². The molecule has 0 saturated carbocycles. The van der Waals surface area contributed by atoms with Gasteiger partial charge < -0.3 is 4.90 Å². The van der Waals surface area contributed by atoms with Gasteiger partial charge in [0.05, 0.1) is 12.5 Å². The normalized spacial score (nSPS) is 9.65. The third-order valence-electron chi connectivity index (χ3n) is 2.34. The molecule has 0 saturated heterocycles. The second-order valence-corrected chi connectivity index (χ2v) is 4.52. The number of nitrogens with zero attached hydrogens (tertiary/aromatic N) is 2. The maximum Gasteiger partial charge on any atom is 0.227 e. The quantitative estimate of drug-likeness (QED) is 0.777. The van der Waals surface area contributed by atoms with Gasteiger partial charge in [-0.3, -0.25) is 4.79 Å². The van der Waals surface area contributed by atoms with Crippen molar-refractivity contribution in [2.75, 3.05) is 23.5 Å². The maximum atomic E-state index is 12.0. The molecule has 0 unspecified atom stereocenters. The molecule has 0 heterocycles. The molecular weight excluding hydrogens is 232 g/mol. The molecule has 0 radical (unpaired) electrons. The van der Waals surface area contributed by atoms with Crippen LogP contribution >= 0.6 is 11.8 Å². The van der Waals surface area contributed by atoms with E-state index in [1.165, 1.54) is 0 Å². The number of thioether (sulfide) groups is 1. The third kappa shape index (κ3) is 4.49. The first-order valence-corrected chi connectivity index (χ1v) is 6.90. The van der Waals surface area contributed by atoms with Crippen LogP contribution in [0, 0.1) is 11.3 Å². The van der Waals surface area contributed by atoms with E-state index in [9.17, 15) is 4.79 Å². The van der Waals surface area contributed by atoms with E-state index < -0.39 is 0 Å². The minimum atomic E-state index is 0.0841. The molecule has 0 fully saturated rings. The summed E-state index contributed by atoms with van der Waals surface area (Å²) in [5.41, 5.74) is 0.869. The van der Waals surface area contributed by atoms with Gasteiger partial charge in [0.2, 0.25) is 5.91 Å². The standard InChI is InChI=1S/C13H16N2OS/c1-17-11-8-13(16)15(10-5-9-14)12-6-3-2-4-7-12/h2-4,6-7H,5,8,10-11H2,1H3. The predicted molar refractivity (Wildman–Crippen MR) is 72.0 cm³/mol. The maximum absolute atomic E-state index is 12.0. The summed E-state index contributed by atoms with van der Waals surface area (Å²) in [4.78, 5) is 13.7. The number of amides is 1. The molecule has 4 heteroatoms. The van der Waals surface area contributed by atoms with E-state index in [-0.39, 0.29) is 5.91 Å². The summed E-state index contributed by atoms with van der Waals surface area (Å²) < 4.78 is 0. The van der Waals surface area contributed by atoms with Crippen LogP contribution in [-0.4, -0.2) is 24.5 Å². The summed E-state index contributed by atoms with van der Waals surface area (Å²) in [7, 11) is 0. The van der Waals surface area contributed by atoms with E-state index in [0.717, 1.165) is 11.4 Å². The molecule has 0 atom stereocenters. The number of para-hydroxylation sites is 1. The summed E-state index contributed by atoms with van der Waals surface area (Å²) in [6.45, 7) is 0.466. The second-order valence-electron chi connectivity index (χ2n) is 3.53. The fourth-order valence-corrected chi connectivity index (χ4v) is 1.87. The zero-order valence-corrected chi connectivity index (χ0v) is 10.7. The van der Waals surface area contributed by atoms with Gasteiger partial charge >= 0.3 is 0 Å². The van der Waals surface area contributed by atoms with Gasteiger partial charge in [0, 0.05) is 24.4 Å². The van der Waals surface area contributed by atoms with Gasteiger partial charge in [0.25, 0.3) is 0 Å². The Hall–Kier alpha value is -1.47. The van der Waals surface area contributed by atoms with Crippen LogP contribution in [0.2, 0.25) is 0 Å². The number of rotatable bonds is 6. The highest BCUT2D eigenvalue weighted by molar-refractivity contribution is 7.98. The number of benzene rings is 1. The summed E-state index contributed by atoms with van der Waals surface area (Å²) in [6.07, 6.45) is 2.86. The molecule has 0 aliphatic heterocycles. The smallest absolute Gasteiger partial charge is 0.227 e. The molecule has 1 aromatic carbocycles. The zero-order valence-electron chi connectivity index (χ0n) is 9.93. The van der Waals surface area contributed by atoms with Crippen molar-refractivity contribution < 1.29 is 4.79 Å². The first-order valence-electron chi connectivity index (χ1n) is 5.51. The zero-order chi connectivity index (χ0) is 12.5. The van der Waals surface area contributed by atoms with Gasteiger partial charge in [0.15, 0.2) is 0 Å². The van der Waals surface area contributed by atoms with Crippen molar-refractivity contribution in [3.63, 3.8) is 0 Å². The summed E-state index contributed by atoms with van der Waals surface area (Å²) in [6, 6.07) is 11.6. The number of carbonyl (C=O) groups excluding carboxylic acids is 1. The van der Waals surface area contributed by atoms with E-state index in [1.807, 2.05) is 36.6 Å². The van der Waals surface area contributed by atoms with Gasteiger partial charge in [0.1, 0.15) is 0 Å². The molecular formula is C13H16N2OS. The van der Waals surface area contributed by atoms with Crippen LogP contribution in [0.1, 0.15) is 12.8 Å². The van der Waals surface area contributed by atoms with Gasteiger partial charge in [-0.1, -0.05) is 18.2 Å². The fourth-order valence-electron chi connectivity index (χ4n) is 1.49. The van der Waals surface area contributed by atoms with E-state index in [1.54, 1.807) is 16.7 Å². The largest absolute Gasteiger partial charge is 0.311 e. The highest BCUT2D eigenvalue weighted by atomic mass is 32.2. The monoisotopic (exact) mass is 248 g/mol. The average molecular weight is 248 g/mol. The number of nitriles is 1. The van der Waals surface area contributed by atoms with E-state index in [4.69, 9.17) is 5.26 Å². The van der Waals surface area contributed by atoms with Gasteiger partial charge in [-0.25, -0.2) is 0 Å². The molecule has 1 aromatic rings. The number of hydrogen-bond donors (Lipinski definition) is 0. The van der Waals surface area contributed by atoms with Crippen LogP contribution in [0.3, 0.4) is 0 Å². The molecule has 0 aromatic heterocycles. The van der Waals surface area contributed by atoms with E-state index in [0.29, 0.717) is 19.4 Å². The minimum absolute atomic E-state index is 0.0841. The molecule has 1 amide bonds. The molecule has 0 aliphatic carbocycles. The van der Waals surface area contributed by atoms with Crippen LogP contribution < -0.4 is 4.90 Å². The summed E-state index contributed by atoms with van der Waals surface area (Å²) in [5.74, 6) is 0.898. The minimum Gasteiger partial charge on any atom is -0.311 e. The van der Waals surface area contributed by atoms with Crippen molar-refractivity contribution in [1.82, 2.24) is 0 Å². The average Bonchev–Trinajstić information content (AvgIpc) is 2.38. The summed E-state index contributed by atoms with van der Waals surface area (Å²) >= 11 is 1.65. The Labute approximate surface area is 106 Å². The third-order valence-corrected chi connectivity index (χ3v) is 2.95. The lowest BCUT2D eigenvalue weighted by molar-refractivity contribution is -0.118. The molecule has 17 heavy (non-hydrogen) atoms. The molecule has 0 N–H and O–H groups in total. The Kier molecular flexibility index (Phi) is 6.19. The Bertz CT molecular complexity index is 386. The molecule has 1 rings (SSSR count). The van der Waals surface area contributed by atoms with Crippen molar-refractivity contribution in [2.24, 2.45) is 0 Å². The lowest BCUT2D eigenvalue weighted by Crippen LogP contribution is -2.31. The molecule has 0 bridgehead atoms. The molecule has 90 valence electrons. The van der Waals surface area contributed by atoms with Crippen molar-refractivity contribution >= 4 is 23.4 Å². The molecule has 0 aliphatic rings. The van der Waals surface area contributed by atoms with Gasteiger partial charge in [-0.2, -0.15) is 17.0 Å². The topological polar surface area (TPSA) is 44.1 Å². The van der Waals surface area contributed by atoms with Gasteiger partial charge in [-0.05, 0) is 18.4 Å². The number of hydrogen-bond acceptors (Lipinski definition) is 3. The lowest BCUT2D eigenvalue weighted by atomic mass is 10.2.